The number of hydrogen-bond donors (Lipinski definition) is 2. The van der Waals surface area contributed by atoms with Gasteiger partial charge in [0.05, 0.1) is 0 Å². The molecule has 29 heavy (non-hydrogen) atoms. The molecule has 0 bridgehead atoms. The Morgan fingerprint density at radius 3 is 1.28 bits per heavy atom. The molecular formula is C25H20N2O2. The SMILES string of the molecule is Nc1ccc(OC2(Oc3ccc(N)cc3)c3ccccc3-c3ccccc32)cc1. The summed E-state index contributed by atoms with van der Waals surface area (Å²) in [5.74, 6) is 0.210. The van der Waals surface area contributed by atoms with Crippen LogP contribution in [0.5, 0.6) is 11.5 Å². The lowest BCUT2D eigenvalue weighted by molar-refractivity contribution is -0.0806. The van der Waals surface area contributed by atoms with Gasteiger partial charge in [-0.05, 0) is 59.7 Å². The number of nitrogen functional groups attached to an aromatic ring is 2. The second-order valence-electron chi connectivity index (χ2n) is 7.05. The second-order valence-corrected chi connectivity index (χ2v) is 7.05. The summed E-state index contributed by atoms with van der Waals surface area (Å²) in [5, 5.41) is 0. The van der Waals surface area contributed by atoms with E-state index in [1.807, 2.05) is 84.9 Å². The Morgan fingerprint density at radius 2 is 0.862 bits per heavy atom. The van der Waals surface area contributed by atoms with Crippen LogP contribution in [0.1, 0.15) is 11.1 Å². The van der Waals surface area contributed by atoms with Crippen molar-refractivity contribution in [2.45, 2.75) is 5.79 Å². The van der Waals surface area contributed by atoms with E-state index in [2.05, 4.69) is 12.1 Å². The molecule has 1 aliphatic rings. The predicted molar refractivity (Wildman–Crippen MR) is 116 cm³/mol. The Labute approximate surface area is 169 Å². The van der Waals surface area contributed by atoms with Crippen LogP contribution in [0.25, 0.3) is 11.1 Å². The summed E-state index contributed by atoms with van der Waals surface area (Å²) in [4.78, 5) is 0. The van der Waals surface area contributed by atoms with Crippen molar-refractivity contribution in [2.24, 2.45) is 0 Å². The minimum atomic E-state index is -1.13. The Balaban J connectivity index is 1.71. The quantitative estimate of drug-likeness (QED) is 0.377. The van der Waals surface area contributed by atoms with Gasteiger partial charge in [0.2, 0.25) is 0 Å². The molecule has 4 aromatic rings. The van der Waals surface area contributed by atoms with Crippen molar-refractivity contribution < 1.29 is 9.47 Å². The van der Waals surface area contributed by atoms with Crippen molar-refractivity contribution in [1.82, 2.24) is 0 Å². The smallest absolute Gasteiger partial charge is 0.306 e. The summed E-state index contributed by atoms with van der Waals surface area (Å²) in [5.41, 5.74) is 17.2. The first-order valence-electron chi connectivity index (χ1n) is 9.44. The average Bonchev–Trinajstić information content (AvgIpc) is 3.02. The van der Waals surface area contributed by atoms with Crippen molar-refractivity contribution in [3.8, 4) is 22.6 Å². The largest absolute Gasteiger partial charge is 0.444 e. The molecule has 0 saturated heterocycles. The first kappa shape index (κ1) is 17.2. The van der Waals surface area contributed by atoms with Crippen LogP contribution in [0.2, 0.25) is 0 Å². The van der Waals surface area contributed by atoms with Crippen LogP contribution in [0, 0.1) is 0 Å². The average molecular weight is 380 g/mol. The predicted octanol–water partition coefficient (Wildman–Crippen LogP) is 5.19. The molecule has 0 atom stereocenters. The molecule has 4 heteroatoms. The fourth-order valence-corrected chi connectivity index (χ4v) is 3.80. The number of ether oxygens (including phenoxy) is 2. The van der Waals surface area contributed by atoms with Crippen molar-refractivity contribution in [2.75, 3.05) is 11.5 Å². The lowest BCUT2D eigenvalue weighted by atomic mass is 10.0. The molecular weight excluding hydrogens is 360 g/mol. The standard InChI is InChI=1S/C25H20N2O2/c26-17-9-13-19(14-10-17)28-25(29-20-15-11-18(27)12-16-20)23-7-3-1-5-21(23)22-6-2-4-8-24(22)25/h1-16H,26-27H2. The minimum absolute atomic E-state index is 0.668. The van der Waals surface area contributed by atoms with Gasteiger partial charge in [0.15, 0.2) is 0 Å². The maximum absolute atomic E-state index is 6.60. The molecule has 4 aromatic carbocycles. The summed E-state index contributed by atoms with van der Waals surface area (Å²) in [6, 6.07) is 31.0. The van der Waals surface area contributed by atoms with Crippen molar-refractivity contribution in [3.05, 3.63) is 108 Å². The molecule has 0 aliphatic heterocycles. The van der Waals surface area contributed by atoms with Gasteiger partial charge in [-0.15, -0.1) is 0 Å². The highest BCUT2D eigenvalue weighted by Crippen LogP contribution is 2.50. The first-order valence-corrected chi connectivity index (χ1v) is 9.44. The summed E-state index contributed by atoms with van der Waals surface area (Å²) in [6.07, 6.45) is 0. The Bertz CT molecular complexity index is 1070. The topological polar surface area (TPSA) is 70.5 Å². The monoisotopic (exact) mass is 380 g/mol. The zero-order valence-electron chi connectivity index (χ0n) is 15.7. The van der Waals surface area contributed by atoms with E-state index in [4.69, 9.17) is 20.9 Å². The molecule has 0 unspecified atom stereocenters. The van der Waals surface area contributed by atoms with Gasteiger partial charge in [-0.1, -0.05) is 48.5 Å². The number of fused-ring (bicyclic) bond motifs is 3. The molecule has 0 spiro atoms. The van der Waals surface area contributed by atoms with E-state index < -0.39 is 5.79 Å². The van der Waals surface area contributed by atoms with E-state index in [0.717, 1.165) is 22.3 Å². The van der Waals surface area contributed by atoms with Crippen LogP contribution >= 0.6 is 0 Å². The van der Waals surface area contributed by atoms with Gasteiger partial charge in [-0.25, -0.2) is 0 Å². The molecule has 0 heterocycles. The minimum Gasteiger partial charge on any atom is -0.444 e. The number of rotatable bonds is 4. The third kappa shape index (κ3) is 2.86. The highest BCUT2D eigenvalue weighted by atomic mass is 16.7. The fraction of sp³-hybridized carbons (Fsp3) is 0.0400. The molecule has 0 saturated carbocycles. The Kier molecular flexibility index (Phi) is 3.91. The van der Waals surface area contributed by atoms with Gasteiger partial charge < -0.3 is 20.9 Å². The maximum atomic E-state index is 6.60. The van der Waals surface area contributed by atoms with E-state index >= 15 is 0 Å². The third-order valence-corrected chi connectivity index (χ3v) is 5.14. The van der Waals surface area contributed by atoms with Crippen LogP contribution in [0.4, 0.5) is 11.4 Å². The van der Waals surface area contributed by atoms with Gasteiger partial charge >= 0.3 is 5.79 Å². The third-order valence-electron chi connectivity index (χ3n) is 5.14. The number of anilines is 2. The van der Waals surface area contributed by atoms with E-state index in [9.17, 15) is 0 Å². The van der Waals surface area contributed by atoms with Crippen LogP contribution in [0.15, 0.2) is 97.1 Å². The molecule has 0 amide bonds. The van der Waals surface area contributed by atoms with Crippen LogP contribution in [0.3, 0.4) is 0 Å². The molecule has 0 radical (unpaired) electrons. The lowest BCUT2D eigenvalue weighted by Crippen LogP contribution is -2.39. The molecule has 142 valence electrons. The summed E-state index contributed by atoms with van der Waals surface area (Å²) >= 11 is 0. The summed E-state index contributed by atoms with van der Waals surface area (Å²) < 4.78 is 13.2. The molecule has 5 rings (SSSR count). The number of nitrogens with two attached hydrogens (primary N) is 2. The van der Waals surface area contributed by atoms with E-state index in [-0.39, 0.29) is 0 Å². The summed E-state index contributed by atoms with van der Waals surface area (Å²) in [7, 11) is 0. The Hall–Kier alpha value is -3.92. The lowest BCUT2D eigenvalue weighted by Gasteiger charge is -2.33. The van der Waals surface area contributed by atoms with E-state index in [1.165, 1.54) is 0 Å². The highest BCUT2D eigenvalue weighted by molar-refractivity contribution is 5.79. The van der Waals surface area contributed by atoms with Crippen molar-refractivity contribution in [1.29, 1.82) is 0 Å². The van der Waals surface area contributed by atoms with Gasteiger partial charge in [-0.3, -0.25) is 0 Å². The normalized spacial score (nSPS) is 13.4. The van der Waals surface area contributed by atoms with Crippen molar-refractivity contribution >= 4 is 11.4 Å². The van der Waals surface area contributed by atoms with E-state index in [1.54, 1.807) is 0 Å². The second kappa shape index (κ2) is 6.60. The first-order chi connectivity index (χ1) is 14.2. The fourth-order valence-electron chi connectivity index (χ4n) is 3.80. The Morgan fingerprint density at radius 1 is 0.483 bits per heavy atom. The van der Waals surface area contributed by atoms with Gasteiger partial charge in [-0.2, -0.15) is 0 Å². The molecule has 1 aliphatic carbocycles. The van der Waals surface area contributed by atoms with Crippen LogP contribution < -0.4 is 20.9 Å². The molecule has 0 fully saturated rings. The maximum Gasteiger partial charge on any atom is 0.306 e. The molecule has 4 N–H and O–H groups in total. The van der Waals surface area contributed by atoms with Crippen LogP contribution in [-0.4, -0.2) is 0 Å². The number of benzene rings is 4. The highest BCUT2D eigenvalue weighted by Gasteiger charge is 2.48. The van der Waals surface area contributed by atoms with Gasteiger partial charge in [0.25, 0.3) is 0 Å². The summed E-state index contributed by atoms with van der Waals surface area (Å²) in [6.45, 7) is 0. The van der Waals surface area contributed by atoms with E-state index in [0.29, 0.717) is 22.9 Å². The molecule has 4 nitrogen and oxygen atoms in total. The zero-order chi connectivity index (χ0) is 19.8. The zero-order valence-corrected chi connectivity index (χ0v) is 15.7. The van der Waals surface area contributed by atoms with Gasteiger partial charge in [0, 0.05) is 22.5 Å². The van der Waals surface area contributed by atoms with Gasteiger partial charge in [0.1, 0.15) is 11.5 Å². The molecule has 0 aromatic heterocycles. The van der Waals surface area contributed by atoms with Crippen molar-refractivity contribution in [3.63, 3.8) is 0 Å². The van der Waals surface area contributed by atoms with Crippen LogP contribution in [-0.2, 0) is 5.79 Å². The number of hydrogen-bond acceptors (Lipinski definition) is 4.